The number of ketones is 1. The van der Waals surface area contributed by atoms with E-state index in [4.69, 9.17) is 10.5 Å². The van der Waals surface area contributed by atoms with Crippen LogP contribution in [0.3, 0.4) is 0 Å². The van der Waals surface area contributed by atoms with Crippen molar-refractivity contribution in [3.05, 3.63) is 29.8 Å². The van der Waals surface area contributed by atoms with Crippen LogP contribution in [-0.2, 0) is 0 Å². The Labute approximate surface area is 97.9 Å². The van der Waals surface area contributed by atoms with Gasteiger partial charge in [-0.1, -0.05) is 23.9 Å². The lowest BCUT2D eigenvalue weighted by atomic mass is 10.1. The van der Waals surface area contributed by atoms with Gasteiger partial charge < -0.3 is 10.5 Å². The molecule has 0 amide bonds. The van der Waals surface area contributed by atoms with E-state index >= 15 is 0 Å². The third kappa shape index (κ3) is 2.10. The summed E-state index contributed by atoms with van der Waals surface area (Å²) in [6, 6.07) is 7.11. The molecule has 0 aliphatic carbocycles. The van der Waals surface area contributed by atoms with Crippen LogP contribution in [0.1, 0.15) is 10.4 Å². The molecule has 2 rings (SSSR count). The average molecular weight is 236 g/mol. The number of para-hydroxylation sites is 1. The molecular formula is C11H12N2O2S. The molecule has 0 fully saturated rings. The lowest BCUT2D eigenvalue weighted by Gasteiger charge is -2.06. The molecule has 16 heavy (non-hydrogen) atoms. The van der Waals surface area contributed by atoms with E-state index in [9.17, 15) is 4.79 Å². The highest BCUT2D eigenvalue weighted by molar-refractivity contribution is 8.16. The van der Waals surface area contributed by atoms with Crippen LogP contribution in [-0.4, -0.2) is 29.9 Å². The normalized spacial score (nSPS) is 19.4. The third-order valence-corrected chi connectivity index (χ3v) is 3.29. The highest BCUT2D eigenvalue weighted by Gasteiger charge is 2.23. The first-order chi connectivity index (χ1) is 7.72. The van der Waals surface area contributed by atoms with Crippen molar-refractivity contribution in [2.24, 2.45) is 10.7 Å². The maximum absolute atomic E-state index is 12.1. The molecule has 4 nitrogen and oxygen atoms in total. The van der Waals surface area contributed by atoms with Gasteiger partial charge in [-0.2, -0.15) is 0 Å². The Kier molecular flexibility index (Phi) is 3.26. The van der Waals surface area contributed by atoms with Gasteiger partial charge in [0.15, 0.2) is 0 Å². The second-order valence-corrected chi connectivity index (χ2v) is 4.35. The van der Waals surface area contributed by atoms with Crippen molar-refractivity contribution in [2.75, 3.05) is 12.9 Å². The molecule has 1 unspecified atom stereocenters. The average Bonchev–Trinajstić information content (AvgIpc) is 2.75. The van der Waals surface area contributed by atoms with Crippen molar-refractivity contribution in [3.8, 4) is 5.75 Å². The first kappa shape index (κ1) is 11.2. The molecule has 0 aromatic heterocycles. The van der Waals surface area contributed by atoms with Crippen LogP contribution in [0.4, 0.5) is 0 Å². The van der Waals surface area contributed by atoms with E-state index in [2.05, 4.69) is 4.99 Å². The summed E-state index contributed by atoms with van der Waals surface area (Å²) >= 11 is 1.39. The Morgan fingerprint density at radius 3 is 2.94 bits per heavy atom. The van der Waals surface area contributed by atoms with E-state index in [1.54, 1.807) is 25.3 Å². The quantitative estimate of drug-likeness (QED) is 0.804. The smallest absolute Gasteiger partial charge is 0.221 e. The van der Waals surface area contributed by atoms with Crippen LogP contribution < -0.4 is 10.5 Å². The van der Waals surface area contributed by atoms with Gasteiger partial charge in [-0.05, 0) is 12.1 Å². The summed E-state index contributed by atoms with van der Waals surface area (Å²) in [6.45, 7) is 0. The fourth-order valence-electron chi connectivity index (χ4n) is 1.46. The first-order valence-electron chi connectivity index (χ1n) is 4.86. The molecule has 0 spiro atoms. The van der Waals surface area contributed by atoms with E-state index < -0.39 is 0 Å². The van der Waals surface area contributed by atoms with Gasteiger partial charge in [0.2, 0.25) is 5.78 Å². The second kappa shape index (κ2) is 4.67. The maximum Gasteiger partial charge on any atom is 0.221 e. The Balaban J connectivity index is 2.31. The highest BCUT2D eigenvalue weighted by atomic mass is 32.2. The van der Waals surface area contributed by atoms with Gasteiger partial charge >= 0.3 is 0 Å². The fourth-order valence-corrected chi connectivity index (χ4v) is 2.32. The van der Waals surface area contributed by atoms with Gasteiger partial charge in [-0.25, -0.2) is 0 Å². The van der Waals surface area contributed by atoms with Crippen LogP contribution in [0, 0.1) is 0 Å². The Morgan fingerprint density at radius 2 is 2.31 bits per heavy atom. The van der Waals surface area contributed by atoms with Gasteiger partial charge in [-0.3, -0.25) is 9.79 Å². The van der Waals surface area contributed by atoms with Crippen LogP contribution in [0.5, 0.6) is 5.75 Å². The number of carbonyl (C=O) groups is 1. The van der Waals surface area contributed by atoms with Gasteiger partial charge in [-0.15, -0.1) is 0 Å². The number of benzene rings is 1. The van der Waals surface area contributed by atoms with Gasteiger partial charge in [0.05, 0.1) is 12.7 Å². The predicted molar refractivity (Wildman–Crippen MR) is 65.2 cm³/mol. The van der Waals surface area contributed by atoms with E-state index in [0.717, 1.165) is 0 Å². The zero-order valence-electron chi connectivity index (χ0n) is 8.84. The van der Waals surface area contributed by atoms with Crippen LogP contribution in [0.25, 0.3) is 0 Å². The van der Waals surface area contributed by atoms with Crippen LogP contribution >= 0.6 is 11.8 Å². The minimum Gasteiger partial charge on any atom is -0.496 e. The number of rotatable bonds is 3. The molecule has 0 radical (unpaired) electrons. The lowest BCUT2D eigenvalue weighted by molar-refractivity contribution is 0.106. The standard InChI is InChI=1S/C11H12N2O2S/c1-15-8-5-3-2-4-7(8)10(14)11-13-9(12)6-16-11/h2-5,9H,6,12H2,1H3. The van der Waals surface area contributed by atoms with Gasteiger partial charge in [0.1, 0.15) is 17.0 Å². The topological polar surface area (TPSA) is 64.7 Å². The Bertz CT molecular complexity index is 445. The first-order valence-corrected chi connectivity index (χ1v) is 5.85. The monoisotopic (exact) mass is 236 g/mol. The van der Waals surface area contributed by atoms with Gasteiger partial charge in [0, 0.05) is 5.75 Å². The van der Waals surface area contributed by atoms with Crippen molar-refractivity contribution >= 4 is 22.6 Å². The van der Waals surface area contributed by atoms with Crippen LogP contribution in [0.15, 0.2) is 29.3 Å². The SMILES string of the molecule is COc1ccccc1C(=O)C1=NC(N)CS1. The number of hydrogen-bond acceptors (Lipinski definition) is 5. The van der Waals surface area contributed by atoms with Crippen molar-refractivity contribution in [3.63, 3.8) is 0 Å². The number of hydrogen-bond donors (Lipinski definition) is 1. The number of thioether (sulfide) groups is 1. The highest BCUT2D eigenvalue weighted by Crippen LogP contribution is 2.24. The molecule has 1 aliphatic heterocycles. The maximum atomic E-state index is 12.1. The largest absolute Gasteiger partial charge is 0.496 e. The van der Waals surface area contributed by atoms with E-state index in [-0.39, 0.29) is 11.9 Å². The number of carbonyl (C=O) groups excluding carboxylic acids is 1. The van der Waals surface area contributed by atoms with Crippen LogP contribution in [0.2, 0.25) is 0 Å². The number of Topliss-reactive ketones (excluding diaryl/α,β-unsaturated/α-hetero) is 1. The molecule has 1 aliphatic rings. The molecule has 1 aromatic rings. The van der Waals surface area contributed by atoms with E-state index in [1.807, 2.05) is 6.07 Å². The Morgan fingerprint density at radius 1 is 1.56 bits per heavy atom. The second-order valence-electron chi connectivity index (χ2n) is 3.34. The lowest BCUT2D eigenvalue weighted by Crippen LogP contribution is -2.16. The molecule has 1 aromatic carbocycles. The number of ether oxygens (including phenoxy) is 1. The summed E-state index contributed by atoms with van der Waals surface area (Å²) in [5.41, 5.74) is 6.15. The molecule has 0 bridgehead atoms. The minimum absolute atomic E-state index is 0.115. The summed E-state index contributed by atoms with van der Waals surface area (Å²) in [7, 11) is 1.54. The molecule has 1 heterocycles. The van der Waals surface area contributed by atoms with Crippen molar-refractivity contribution in [1.82, 2.24) is 0 Å². The molecular weight excluding hydrogens is 224 g/mol. The third-order valence-electron chi connectivity index (χ3n) is 2.22. The number of nitrogens with zero attached hydrogens (tertiary/aromatic N) is 1. The molecule has 2 N–H and O–H groups in total. The molecule has 0 saturated carbocycles. The summed E-state index contributed by atoms with van der Waals surface area (Å²) < 4.78 is 5.14. The number of methoxy groups -OCH3 is 1. The summed E-state index contributed by atoms with van der Waals surface area (Å²) in [4.78, 5) is 16.2. The zero-order valence-corrected chi connectivity index (χ0v) is 9.66. The van der Waals surface area contributed by atoms with Crippen molar-refractivity contribution < 1.29 is 9.53 Å². The van der Waals surface area contributed by atoms with E-state index in [1.165, 1.54) is 11.8 Å². The van der Waals surface area contributed by atoms with Crippen molar-refractivity contribution in [2.45, 2.75) is 6.17 Å². The molecule has 84 valence electrons. The molecule has 0 saturated heterocycles. The fraction of sp³-hybridized carbons (Fsp3) is 0.273. The Hall–Kier alpha value is -1.33. The minimum atomic E-state index is -0.265. The predicted octanol–water partition coefficient (Wildman–Crippen LogP) is 1.31. The summed E-state index contributed by atoms with van der Waals surface area (Å²) in [5, 5.41) is 0.469. The summed E-state index contributed by atoms with van der Waals surface area (Å²) in [6.07, 6.45) is -0.265. The van der Waals surface area contributed by atoms with Crippen molar-refractivity contribution in [1.29, 1.82) is 0 Å². The van der Waals surface area contributed by atoms with Gasteiger partial charge in [0.25, 0.3) is 0 Å². The molecule has 1 atom stereocenters. The summed E-state index contributed by atoms with van der Waals surface area (Å²) in [5.74, 6) is 1.11. The molecule has 5 heteroatoms. The van der Waals surface area contributed by atoms with E-state index in [0.29, 0.717) is 22.1 Å². The zero-order chi connectivity index (χ0) is 11.5. The number of nitrogens with two attached hydrogens (primary N) is 1. The number of aliphatic imine (C=N–C) groups is 1.